The van der Waals surface area contributed by atoms with Crippen molar-refractivity contribution in [2.24, 2.45) is 7.05 Å². The van der Waals surface area contributed by atoms with Crippen LogP contribution in [0.15, 0.2) is 56.9 Å². The van der Waals surface area contributed by atoms with Crippen molar-refractivity contribution in [3.05, 3.63) is 63.1 Å². The molecule has 8 heteroatoms. The van der Waals surface area contributed by atoms with Gasteiger partial charge in [-0.05, 0) is 30.3 Å². The number of nitrogens with one attached hydrogen (secondary N) is 1. The number of benzene rings is 2. The summed E-state index contributed by atoms with van der Waals surface area (Å²) in [5.74, 6) is -0.897. The second-order valence-corrected chi connectivity index (χ2v) is 7.09. The highest BCUT2D eigenvalue weighted by atomic mass is 79.9. The van der Waals surface area contributed by atoms with E-state index in [0.29, 0.717) is 20.5 Å². The molecule has 5 nitrogen and oxygen atoms in total. The molecule has 0 aliphatic carbocycles. The van der Waals surface area contributed by atoms with Crippen molar-refractivity contribution in [2.45, 2.75) is 5.16 Å². The third kappa shape index (κ3) is 3.91. The number of nitrogens with zero attached hydrogens (tertiary/aromatic N) is 2. The van der Waals surface area contributed by atoms with Gasteiger partial charge in [-0.15, -0.1) is 0 Å². The fourth-order valence-corrected chi connectivity index (χ4v) is 3.34. The third-order valence-electron chi connectivity index (χ3n) is 3.48. The lowest BCUT2D eigenvalue weighted by molar-refractivity contribution is -0.113. The minimum atomic E-state index is -0.524. The highest BCUT2D eigenvalue weighted by molar-refractivity contribution is 9.10. The van der Waals surface area contributed by atoms with E-state index in [1.54, 1.807) is 37.4 Å². The highest BCUT2D eigenvalue weighted by Crippen LogP contribution is 2.21. The molecule has 1 aromatic heterocycles. The van der Waals surface area contributed by atoms with E-state index >= 15 is 0 Å². The van der Waals surface area contributed by atoms with E-state index in [9.17, 15) is 14.0 Å². The maximum absolute atomic E-state index is 13.8. The number of anilines is 1. The second kappa shape index (κ2) is 7.37. The zero-order valence-electron chi connectivity index (χ0n) is 13.1. The van der Waals surface area contributed by atoms with Crippen LogP contribution in [0.4, 0.5) is 10.1 Å². The number of carbonyl (C=O) groups is 1. The third-order valence-corrected chi connectivity index (χ3v) is 5.00. The average molecular weight is 422 g/mol. The number of halogens is 2. The predicted molar refractivity (Wildman–Crippen MR) is 100 cm³/mol. The van der Waals surface area contributed by atoms with Gasteiger partial charge in [0.05, 0.1) is 22.3 Å². The summed E-state index contributed by atoms with van der Waals surface area (Å²) < 4.78 is 15.8. The molecule has 0 radical (unpaired) electrons. The quantitative estimate of drug-likeness (QED) is 0.516. The first-order chi connectivity index (χ1) is 12.0. The SMILES string of the molecule is Cn1c(SCC(=O)Nc2ccc(Br)cc2F)nc2ccccc2c1=O. The predicted octanol–water partition coefficient (Wildman–Crippen LogP) is 3.57. The van der Waals surface area contributed by atoms with Crippen LogP contribution >= 0.6 is 27.7 Å². The van der Waals surface area contributed by atoms with E-state index in [4.69, 9.17) is 0 Å². The van der Waals surface area contributed by atoms with E-state index in [1.807, 2.05) is 0 Å². The number of para-hydroxylation sites is 1. The second-order valence-electron chi connectivity index (χ2n) is 5.24. The maximum Gasteiger partial charge on any atom is 0.261 e. The molecule has 1 heterocycles. The summed E-state index contributed by atoms with van der Waals surface area (Å²) in [6.07, 6.45) is 0. The molecular weight excluding hydrogens is 409 g/mol. The van der Waals surface area contributed by atoms with Crippen LogP contribution < -0.4 is 10.9 Å². The molecule has 0 unspecified atom stereocenters. The first-order valence-electron chi connectivity index (χ1n) is 7.29. The van der Waals surface area contributed by atoms with Gasteiger partial charge in [0.15, 0.2) is 5.16 Å². The smallest absolute Gasteiger partial charge is 0.261 e. The zero-order valence-corrected chi connectivity index (χ0v) is 15.5. The largest absolute Gasteiger partial charge is 0.323 e. The zero-order chi connectivity index (χ0) is 18.0. The molecule has 1 N–H and O–H groups in total. The van der Waals surface area contributed by atoms with Crippen LogP contribution in [-0.2, 0) is 11.8 Å². The number of fused-ring (bicyclic) bond motifs is 1. The number of hydrogen-bond acceptors (Lipinski definition) is 4. The Hall–Kier alpha value is -2.19. The number of hydrogen-bond donors (Lipinski definition) is 1. The minimum absolute atomic E-state index is 0.00806. The molecule has 0 fully saturated rings. The van der Waals surface area contributed by atoms with Gasteiger partial charge in [0, 0.05) is 11.5 Å². The number of carbonyl (C=O) groups excluding carboxylic acids is 1. The lowest BCUT2D eigenvalue weighted by atomic mass is 10.2. The Morgan fingerprint density at radius 2 is 2.08 bits per heavy atom. The Bertz CT molecular complexity index is 1020. The molecule has 1 amide bonds. The van der Waals surface area contributed by atoms with E-state index in [-0.39, 0.29) is 22.9 Å². The molecule has 0 aliphatic rings. The number of rotatable bonds is 4. The van der Waals surface area contributed by atoms with E-state index in [0.717, 1.165) is 11.8 Å². The summed E-state index contributed by atoms with van der Waals surface area (Å²) in [4.78, 5) is 28.8. The standard InChI is InChI=1S/C17H13BrFN3O2S/c1-22-16(24)11-4-2-3-5-13(11)21-17(22)25-9-15(23)20-14-7-6-10(18)8-12(14)19/h2-8H,9H2,1H3,(H,20,23). The molecule has 0 aliphatic heterocycles. The van der Waals surface area contributed by atoms with Gasteiger partial charge < -0.3 is 5.32 Å². The first kappa shape index (κ1) is 17.6. The summed E-state index contributed by atoms with van der Waals surface area (Å²) in [5.41, 5.74) is 0.508. The van der Waals surface area contributed by atoms with Gasteiger partial charge in [0.1, 0.15) is 5.82 Å². The van der Waals surface area contributed by atoms with Crippen molar-refractivity contribution in [2.75, 3.05) is 11.1 Å². The lowest BCUT2D eigenvalue weighted by Gasteiger charge is -2.09. The summed E-state index contributed by atoms with van der Waals surface area (Å²) in [6, 6.07) is 11.4. The van der Waals surface area contributed by atoms with Crippen molar-refractivity contribution in [3.8, 4) is 0 Å². The maximum atomic E-state index is 13.8. The van der Waals surface area contributed by atoms with Crippen molar-refractivity contribution in [1.82, 2.24) is 9.55 Å². The number of aromatic nitrogens is 2. The van der Waals surface area contributed by atoms with Crippen LogP contribution in [0.25, 0.3) is 10.9 Å². The van der Waals surface area contributed by atoms with Crippen molar-refractivity contribution >= 4 is 50.2 Å². The normalized spacial score (nSPS) is 10.8. The van der Waals surface area contributed by atoms with Gasteiger partial charge in [-0.25, -0.2) is 9.37 Å². The summed E-state index contributed by atoms with van der Waals surface area (Å²) in [7, 11) is 1.61. The average Bonchev–Trinajstić information content (AvgIpc) is 2.59. The van der Waals surface area contributed by atoms with Crippen LogP contribution in [0.5, 0.6) is 0 Å². The lowest BCUT2D eigenvalue weighted by Crippen LogP contribution is -2.21. The molecule has 3 aromatic rings. The number of thioether (sulfide) groups is 1. The van der Waals surface area contributed by atoms with Crippen LogP contribution in [0.2, 0.25) is 0 Å². The monoisotopic (exact) mass is 421 g/mol. The van der Waals surface area contributed by atoms with Crippen LogP contribution in [0, 0.1) is 5.82 Å². The molecule has 2 aromatic carbocycles. The Labute approximate surface area is 155 Å². The molecule has 3 rings (SSSR count). The first-order valence-corrected chi connectivity index (χ1v) is 9.07. The Balaban J connectivity index is 1.75. The molecule has 0 bridgehead atoms. The molecule has 0 saturated carbocycles. The van der Waals surface area contributed by atoms with Gasteiger partial charge >= 0.3 is 0 Å². The van der Waals surface area contributed by atoms with E-state index in [1.165, 1.54) is 16.7 Å². The Kier molecular flexibility index (Phi) is 5.19. The summed E-state index contributed by atoms with van der Waals surface area (Å²) in [6.45, 7) is 0. The van der Waals surface area contributed by atoms with Crippen LogP contribution in [-0.4, -0.2) is 21.2 Å². The highest BCUT2D eigenvalue weighted by Gasteiger charge is 2.12. The molecule has 25 heavy (non-hydrogen) atoms. The molecule has 128 valence electrons. The topological polar surface area (TPSA) is 64.0 Å². The fourth-order valence-electron chi connectivity index (χ4n) is 2.23. The van der Waals surface area contributed by atoms with E-state index in [2.05, 4.69) is 26.2 Å². The van der Waals surface area contributed by atoms with Crippen molar-refractivity contribution in [1.29, 1.82) is 0 Å². The molecular formula is C17H13BrFN3O2S. The summed E-state index contributed by atoms with van der Waals surface area (Å²) in [5, 5.41) is 3.46. The van der Waals surface area contributed by atoms with Gasteiger partial charge in [0.25, 0.3) is 5.56 Å². The molecule has 0 saturated heterocycles. The Morgan fingerprint density at radius 3 is 2.84 bits per heavy atom. The van der Waals surface area contributed by atoms with Gasteiger partial charge in [-0.1, -0.05) is 39.8 Å². The van der Waals surface area contributed by atoms with Gasteiger partial charge in [-0.2, -0.15) is 0 Å². The van der Waals surface area contributed by atoms with Gasteiger partial charge in [0.2, 0.25) is 5.91 Å². The van der Waals surface area contributed by atoms with Crippen LogP contribution in [0.1, 0.15) is 0 Å². The fraction of sp³-hybridized carbons (Fsp3) is 0.118. The Morgan fingerprint density at radius 1 is 1.32 bits per heavy atom. The van der Waals surface area contributed by atoms with Crippen LogP contribution in [0.3, 0.4) is 0 Å². The number of amides is 1. The molecule has 0 atom stereocenters. The van der Waals surface area contributed by atoms with Gasteiger partial charge in [-0.3, -0.25) is 14.2 Å². The van der Waals surface area contributed by atoms with E-state index < -0.39 is 5.82 Å². The van der Waals surface area contributed by atoms with Crippen molar-refractivity contribution in [3.63, 3.8) is 0 Å². The van der Waals surface area contributed by atoms with Crippen molar-refractivity contribution < 1.29 is 9.18 Å². The summed E-state index contributed by atoms with van der Waals surface area (Å²) >= 11 is 4.28. The molecule has 0 spiro atoms. The minimum Gasteiger partial charge on any atom is -0.323 e.